The second kappa shape index (κ2) is 8.13. The van der Waals surface area contributed by atoms with E-state index >= 15 is 0 Å². The molecule has 2 rings (SSSR count). The number of rotatable bonds is 7. The van der Waals surface area contributed by atoms with Crippen molar-refractivity contribution in [3.8, 4) is 0 Å². The summed E-state index contributed by atoms with van der Waals surface area (Å²) in [5, 5.41) is 21.1. The molecule has 0 spiro atoms. The number of hydrogen-bond acceptors (Lipinski definition) is 6. The van der Waals surface area contributed by atoms with Gasteiger partial charge in [-0.3, -0.25) is 24.6 Å². The topological polar surface area (TPSA) is 133 Å². The number of aliphatic carboxylic acids is 2. The van der Waals surface area contributed by atoms with Gasteiger partial charge in [0.15, 0.2) is 0 Å². The molecule has 1 aromatic rings. The zero-order chi connectivity index (χ0) is 17.7. The molecule has 0 fully saturated rings. The van der Waals surface area contributed by atoms with Gasteiger partial charge in [0.2, 0.25) is 5.91 Å². The van der Waals surface area contributed by atoms with Gasteiger partial charge in [0.05, 0.1) is 11.7 Å². The fourth-order valence-corrected chi connectivity index (χ4v) is 3.54. The van der Waals surface area contributed by atoms with Crippen molar-refractivity contribution in [1.82, 2.24) is 5.32 Å². The first-order chi connectivity index (χ1) is 11.4. The van der Waals surface area contributed by atoms with Crippen molar-refractivity contribution in [2.75, 3.05) is 23.7 Å². The van der Waals surface area contributed by atoms with Gasteiger partial charge in [-0.1, -0.05) is 12.1 Å². The third kappa shape index (κ3) is 4.25. The van der Waals surface area contributed by atoms with E-state index < -0.39 is 36.5 Å². The smallest absolute Gasteiger partial charge is 0.323 e. The summed E-state index contributed by atoms with van der Waals surface area (Å²) in [6.07, 6.45) is 0.176. The molecule has 9 heteroatoms. The fourth-order valence-electron chi connectivity index (χ4n) is 2.46. The molecule has 0 bridgehead atoms. The highest BCUT2D eigenvalue weighted by Gasteiger charge is 2.34. The van der Waals surface area contributed by atoms with E-state index in [4.69, 9.17) is 10.8 Å². The summed E-state index contributed by atoms with van der Waals surface area (Å²) in [5.41, 5.74) is 5.94. The predicted octanol–water partition coefficient (Wildman–Crippen LogP) is -0.0299. The van der Waals surface area contributed by atoms with Crippen molar-refractivity contribution in [3.63, 3.8) is 0 Å². The van der Waals surface area contributed by atoms with Gasteiger partial charge in [-0.2, -0.15) is 0 Å². The number of carbonyl (C=O) groups is 3. The maximum Gasteiger partial charge on any atom is 0.323 e. The number of nitrogens with two attached hydrogens (primary N) is 1. The van der Waals surface area contributed by atoms with Crippen LogP contribution in [0, 0.1) is 0 Å². The van der Waals surface area contributed by atoms with E-state index in [1.165, 1.54) is 16.7 Å². The van der Waals surface area contributed by atoms with E-state index in [2.05, 4.69) is 5.32 Å². The monoisotopic (exact) mass is 353 g/mol. The number of fused-ring (bicyclic) bond motifs is 1. The first kappa shape index (κ1) is 18.2. The summed E-state index contributed by atoms with van der Waals surface area (Å²) in [6.45, 7) is -0.319. The number of thioether (sulfide) groups is 1. The van der Waals surface area contributed by atoms with Crippen LogP contribution >= 0.6 is 11.8 Å². The molecule has 0 radical (unpaired) electrons. The zero-order valence-corrected chi connectivity index (χ0v) is 13.7. The van der Waals surface area contributed by atoms with E-state index in [-0.39, 0.29) is 13.0 Å². The largest absolute Gasteiger partial charge is 0.480 e. The molecule has 0 aromatic heterocycles. The molecule has 0 aliphatic carbocycles. The number of amides is 1. The molecule has 5 N–H and O–H groups in total. The predicted molar refractivity (Wildman–Crippen MR) is 89.2 cm³/mol. The highest BCUT2D eigenvalue weighted by atomic mass is 32.2. The Kier molecular flexibility index (Phi) is 6.18. The molecule has 1 heterocycles. The molecular formula is C15H19N3O5S. The van der Waals surface area contributed by atoms with Crippen molar-refractivity contribution in [2.45, 2.75) is 23.4 Å². The molecular weight excluding hydrogens is 334 g/mol. The molecule has 24 heavy (non-hydrogen) atoms. The summed E-state index contributed by atoms with van der Waals surface area (Å²) in [7, 11) is 0. The number of hydrogen-bond donors (Lipinski definition) is 4. The number of nitrogens with zero attached hydrogens (tertiary/aromatic N) is 1. The molecule has 2 atom stereocenters. The van der Waals surface area contributed by atoms with Crippen LogP contribution in [-0.4, -0.2) is 59.0 Å². The van der Waals surface area contributed by atoms with Gasteiger partial charge in [-0.05, 0) is 25.1 Å². The minimum atomic E-state index is -1.14. The molecule has 1 aromatic carbocycles. The first-order valence-electron chi connectivity index (χ1n) is 7.38. The van der Waals surface area contributed by atoms with Gasteiger partial charge in [0.1, 0.15) is 12.6 Å². The average molecular weight is 353 g/mol. The van der Waals surface area contributed by atoms with Crippen LogP contribution in [0.15, 0.2) is 29.2 Å². The minimum absolute atomic E-state index is 0.164. The number of carboxylic acid groups (broad SMARTS) is 2. The van der Waals surface area contributed by atoms with E-state index in [9.17, 15) is 19.5 Å². The second-order valence-electron chi connectivity index (χ2n) is 5.28. The summed E-state index contributed by atoms with van der Waals surface area (Å²) < 4.78 is 0. The molecule has 1 unspecified atom stereocenters. The van der Waals surface area contributed by atoms with Crippen molar-refractivity contribution >= 4 is 35.3 Å². The Morgan fingerprint density at radius 2 is 2.08 bits per heavy atom. The third-order valence-electron chi connectivity index (χ3n) is 3.57. The number of benzene rings is 1. The van der Waals surface area contributed by atoms with Crippen LogP contribution < -0.4 is 16.0 Å². The lowest BCUT2D eigenvalue weighted by Crippen LogP contribution is -2.54. The Hall–Kier alpha value is -2.10. The Bertz CT molecular complexity index is 639. The number of para-hydroxylation sites is 1. The molecule has 0 saturated carbocycles. The van der Waals surface area contributed by atoms with Gasteiger partial charge < -0.3 is 15.9 Å². The highest BCUT2D eigenvalue weighted by molar-refractivity contribution is 7.99. The van der Waals surface area contributed by atoms with Gasteiger partial charge in [0, 0.05) is 10.6 Å². The van der Waals surface area contributed by atoms with Crippen molar-refractivity contribution in [2.24, 2.45) is 5.73 Å². The van der Waals surface area contributed by atoms with Gasteiger partial charge in [0.25, 0.3) is 0 Å². The van der Waals surface area contributed by atoms with Crippen LogP contribution in [-0.2, 0) is 14.4 Å². The Balaban J connectivity index is 2.28. The molecule has 130 valence electrons. The Labute approximate surface area is 143 Å². The minimum Gasteiger partial charge on any atom is -0.480 e. The standard InChI is InChI=1S/C15H19N3O5S/c16-6-5-9(15(22)23)17-10-8-24-12-4-2-1-3-11(12)18(14(10)21)7-13(19)20/h1-4,9-10,17H,5-8,16H2,(H,19,20)(H,22,23)/t9-,10?/m1/s1. The van der Waals surface area contributed by atoms with E-state index in [0.29, 0.717) is 11.4 Å². The number of nitrogens with one attached hydrogen (secondary N) is 1. The van der Waals surface area contributed by atoms with Crippen LogP contribution in [0.5, 0.6) is 0 Å². The normalized spacial score (nSPS) is 18.6. The average Bonchev–Trinajstić information content (AvgIpc) is 2.66. The molecule has 1 aliphatic heterocycles. The summed E-state index contributed by atoms with van der Waals surface area (Å²) >= 11 is 1.38. The number of carboxylic acids is 2. The molecule has 0 saturated heterocycles. The maximum absolute atomic E-state index is 12.8. The van der Waals surface area contributed by atoms with Crippen molar-refractivity contribution in [1.29, 1.82) is 0 Å². The zero-order valence-electron chi connectivity index (χ0n) is 12.8. The highest BCUT2D eigenvalue weighted by Crippen LogP contribution is 2.34. The van der Waals surface area contributed by atoms with Crippen LogP contribution in [0.1, 0.15) is 6.42 Å². The third-order valence-corrected chi connectivity index (χ3v) is 4.73. The first-order valence-corrected chi connectivity index (χ1v) is 8.36. The van der Waals surface area contributed by atoms with Crippen LogP contribution in [0.2, 0.25) is 0 Å². The molecule has 1 aliphatic rings. The van der Waals surface area contributed by atoms with Crippen LogP contribution in [0.25, 0.3) is 0 Å². The van der Waals surface area contributed by atoms with Crippen LogP contribution in [0.3, 0.4) is 0 Å². The fraction of sp³-hybridized carbons (Fsp3) is 0.400. The van der Waals surface area contributed by atoms with Crippen molar-refractivity contribution in [3.05, 3.63) is 24.3 Å². The number of anilines is 1. The Morgan fingerprint density at radius 1 is 1.38 bits per heavy atom. The SMILES string of the molecule is NCC[C@@H](NC1CSc2ccccc2N(CC(=O)O)C1=O)C(=O)O. The lowest BCUT2D eigenvalue weighted by atomic mass is 10.1. The van der Waals surface area contributed by atoms with E-state index in [0.717, 1.165) is 4.90 Å². The molecule has 8 nitrogen and oxygen atoms in total. The second-order valence-corrected chi connectivity index (χ2v) is 6.35. The summed E-state index contributed by atoms with van der Waals surface area (Å²) in [5.74, 6) is -2.39. The quantitative estimate of drug-likeness (QED) is 0.537. The number of carbonyl (C=O) groups excluding carboxylic acids is 1. The van der Waals surface area contributed by atoms with Gasteiger partial charge >= 0.3 is 11.9 Å². The van der Waals surface area contributed by atoms with Gasteiger partial charge in [-0.15, -0.1) is 11.8 Å². The van der Waals surface area contributed by atoms with E-state index in [1.54, 1.807) is 24.3 Å². The Morgan fingerprint density at radius 3 is 2.71 bits per heavy atom. The van der Waals surface area contributed by atoms with Crippen LogP contribution in [0.4, 0.5) is 5.69 Å². The van der Waals surface area contributed by atoms with Gasteiger partial charge in [-0.25, -0.2) is 0 Å². The lowest BCUT2D eigenvalue weighted by molar-refractivity contribution is -0.140. The van der Waals surface area contributed by atoms with E-state index in [1.807, 2.05) is 0 Å². The summed E-state index contributed by atoms with van der Waals surface area (Å²) in [4.78, 5) is 37.2. The van der Waals surface area contributed by atoms with Crippen molar-refractivity contribution < 1.29 is 24.6 Å². The summed E-state index contributed by atoms with van der Waals surface area (Å²) in [6, 6.07) is 5.24. The molecule has 1 amide bonds. The maximum atomic E-state index is 12.8. The lowest BCUT2D eigenvalue weighted by Gasteiger charge is -2.26.